The summed E-state index contributed by atoms with van der Waals surface area (Å²) in [5, 5.41) is 1.27. The first-order valence-corrected chi connectivity index (χ1v) is 5.33. The molecule has 0 radical (unpaired) electrons. The second-order valence-electron chi connectivity index (χ2n) is 3.95. The average molecular weight is 208 g/mol. The van der Waals surface area contributed by atoms with Gasteiger partial charge in [0.25, 0.3) is 0 Å². The first kappa shape index (κ1) is 9.16. The Labute approximate surface area is 94.2 Å². The lowest BCUT2D eigenvalue weighted by atomic mass is 10.2. The Bertz CT molecular complexity index is 624. The lowest BCUT2D eigenvalue weighted by Gasteiger charge is -2.04. The highest BCUT2D eigenvalue weighted by Gasteiger charge is 2.02. The molecule has 2 aromatic heterocycles. The number of aryl methyl sites for hydroxylation is 1. The molecule has 0 saturated carbocycles. The number of aromatic nitrogens is 2. The van der Waals surface area contributed by atoms with Gasteiger partial charge in [0.15, 0.2) is 0 Å². The average Bonchev–Trinajstić information content (AvgIpc) is 2.73. The van der Waals surface area contributed by atoms with Gasteiger partial charge in [0.1, 0.15) is 0 Å². The van der Waals surface area contributed by atoms with Crippen LogP contribution in [-0.2, 0) is 0 Å². The number of fused-ring (bicyclic) bond motifs is 1. The third-order valence-corrected chi connectivity index (χ3v) is 2.79. The van der Waals surface area contributed by atoms with Crippen molar-refractivity contribution in [1.29, 1.82) is 0 Å². The van der Waals surface area contributed by atoms with Crippen molar-refractivity contribution in [3.63, 3.8) is 0 Å². The van der Waals surface area contributed by atoms with E-state index in [4.69, 9.17) is 0 Å². The van der Waals surface area contributed by atoms with Crippen molar-refractivity contribution in [2.45, 2.75) is 6.92 Å². The van der Waals surface area contributed by atoms with E-state index in [2.05, 4.69) is 46.9 Å². The van der Waals surface area contributed by atoms with E-state index in [0.717, 1.165) is 5.69 Å². The Morgan fingerprint density at radius 2 is 1.81 bits per heavy atom. The molecule has 1 aromatic carbocycles. The molecule has 2 heterocycles. The van der Waals surface area contributed by atoms with E-state index in [-0.39, 0.29) is 0 Å². The normalized spacial score (nSPS) is 10.8. The Hall–Kier alpha value is -2.09. The number of hydrogen-bond donors (Lipinski definition) is 0. The van der Waals surface area contributed by atoms with Crippen LogP contribution in [0.4, 0.5) is 0 Å². The quantitative estimate of drug-likeness (QED) is 0.599. The smallest absolute Gasteiger partial charge is 0.0528 e. The molecule has 0 saturated heterocycles. The maximum absolute atomic E-state index is 4.04. The van der Waals surface area contributed by atoms with Gasteiger partial charge in [0.05, 0.1) is 5.52 Å². The van der Waals surface area contributed by atoms with Gasteiger partial charge in [0, 0.05) is 29.7 Å². The monoisotopic (exact) mass is 208 g/mol. The molecule has 0 aliphatic rings. The molecule has 0 aliphatic carbocycles. The molecule has 2 nitrogen and oxygen atoms in total. The maximum Gasteiger partial charge on any atom is 0.0528 e. The van der Waals surface area contributed by atoms with Gasteiger partial charge >= 0.3 is 0 Å². The molecule has 0 spiro atoms. The summed E-state index contributed by atoms with van der Waals surface area (Å²) in [6.07, 6.45) is 5.73. The molecule has 0 fully saturated rings. The van der Waals surface area contributed by atoms with Crippen LogP contribution in [-0.4, -0.2) is 9.55 Å². The van der Waals surface area contributed by atoms with Crippen molar-refractivity contribution in [1.82, 2.24) is 9.55 Å². The summed E-state index contributed by atoms with van der Waals surface area (Å²) >= 11 is 0. The minimum Gasteiger partial charge on any atom is -0.316 e. The highest BCUT2D eigenvalue weighted by atomic mass is 15.0. The first-order chi connectivity index (χ1) is 7.84. The minimum absolute atomic E-state index is 1.15. The molecular weight excluding hydrogens is 196 g/mol. The topological polar surface area (TPSA) is 17.8 Å². The molecule has 0 atom stereocenters. The van der Waals surface area contributed by atoms with Crippen molar-refractivity contribution in [3.8, 4) is 5.69 Å². The summed E-state index contributed by atoms with van der Waals surface area (Å²) in [6, 6.07) is 12.7. The number of nitrogens with zero attached hydrogens (tertiary/aromatic N) is 2. The Morgan fingerprint density at radius 1 is 1.00 bits per heavy atom. The van der Waals surface area contributed by atoms with E-state index in [9.17, 15) is 0 Å². The van der Waals surface area contributed by atoms with Crippen LogP contribution < -0.4 is 0 Å². The summed E-state index contributed by atoms with van der Waals surface area (Å²) in [7, 11) is 0. The van der Waals surface area contributed by atoms with Gasteiger partial charge in [-0.2, -0.15) is 0 Å². The summed E-state index contributed by atoms with van der Waals surface area (Å²) in [4.78, 5) is 4.04. The second kappa shape index (κ2) is 3.49. The van der Waals surface area contributed by atoms with Crippen LogP contribution in [0.2, 0.25) is 0 Å². The van der Waals surface area contributed by atoms with Gasteiger partial charge in [0.2, 0.25) is 0 Å². The highest BCUT2D eigenvalue weighted by Crippen LogP contribution is 2.20. The van der Waals surface area contributed by atoms with Gasteiger partial charge in [-0.25, -0.2) is 0 Å². The lowest BCUT2D eigenvalue weighted by Crippen LogP contribution is -1.91. The molecule has 16 heavy (non-hydrogen) atoms. The van der Waals surface area contributed by atoms with Crippen LogP contribution in [0.15, 0.2) is 55.0 Å². The molecule has 3 rings (SSSR count). The van der Waals surface area contributed by atoms with E-state index in [1.807, 2.05) is 24.5 Å². The van der Waals surface area contributed by atoms with Crippen molar-refractivity contribution < 1.29 is 0 Å². The fraction of sp³-hybridized carbons (Fsp3) is 0.0714. The predicted octanol–water partition coefficient (Wildman–Crippen LogP) is 3.33. The Kier molecular flexibility index (Phi) is 2.00. The predicted molar refractivity (Wildman–Crippen MR) is 65.8 cm³/mol. The molecule has 2 heteroatoms. The van der Waals surface area contributed by atoms with E-state index >= 15 is 0 Å². The van der Waals surface area contributed by atoms with E-state index in [1.165, 1.54) is 16.5 Å². The second-order valence-corrected chi connectivity index (χ2v) is 3.95. The molecular formula is C14H12N2. The number of benzene rings is 1. The number of pyridine rings is 1. The zero-order chi connectivity index (χ0) is 11.0. The molecule has 0 aliphatic heterocycles. The summed E-state index contributed by atoms with van der Waals surface area (Å²) in [5.74, 6) is 0. The Morgan fingerprint density at radius 3 is 2.62 bits per heavy atom. The van der Waals surface area contributed by atoms with Crippen LogP contribution in [0.5, 0.6) is 0 Å². The van der Waals surface area contributed by atoms with Gasteiger partial charge < -0.3 is 4.57 Å². The molecule has 3 aromatic rings. The lowest BCUT2D eigenvalue weighted by molar-refractivity contribution is 1.11. The fourth-order valence-corrected chi connectivity index (χ4v) is 1.99. The molecule has 0 amide bonds. The van der Waals surface area contributed by atoms with Crippen molar-refractivity contribution >= 4 is 10.9 Å². The van der Waals surface area contributed by atoms with Crippen molar-refractivity contribution in [3.05, 3.63) is 60.6 Å². The number of hydrogen-bond acceptors (Lipinski definition) is 1. The van der Waals surface area contributed by atoms with Crippen LogP contribution in [0, 0.1) is 6.92 Å². The molecule has 0 N–H and O–H groups in total. The molecule has 78 valence electrons. The van der Waals surface area contributed by atoms with Crippen LogP contribution >= 0.6 is 0 Å². The summed E-state index contributed by atoms with van der Waals surface area (Å²) in [6.45, 7) is 2.11. The largest absolute Gasteiger partial charge is 0.316 e. The van der Waals surface area contributed by atoms with Crippen LogP contribution in [0.3, 0.4) is 0 Å². The number of rotatable bonds is 1. The van der Waals surface area contributed by atoms with Crippen LogP contribution in [0.1, 0.15) is 5.56 Å². The van der Waals surface area contributed by atoms with Crippen molar-refractivity contribution in [2.24, 2.45) is 0 Å². The Balaban J connectivity index is 2.26. The fourth-order valence-electron chi connectivity index (χ4n) is 1.99. The van der Waals surface area contributed by atoms with Crippen LogP contribution in [0.25, 0.3) is 16.6 Å². The molecule has 0 unspecified atom stereocenters. The van der Waals surface area contributed by atoms with Gasteiger partial charge in [-0.3, -0.25) is 4.98 Å². The zero-order valence-corrected chi connectivity index (χ0v) is 9.09. The maximum atomic E-state index is 4.04. The molecule has 0 bridgehead atoms. The van der Waals surface area contributed by atoms with Gasteiger partial charge in [-0.1, -0.05) is 11.6 Å². The van der Waals surface area contributed by atoms with E-state index in [0.29, 0.717) is 0 Å². The van der Waals surface area contributed by atoms with Crippen molar-refractivity contribution in [2.75, 3.05) is 0 Å². The van der Waals surface area contributed by atoms with Gasteiger partial charge in [-0.15, -0.1) is 0 Å². The SMILES string of the molecule is Cc1ccc2c(ccn2-c2ccncc2)c1. The highest BCUT2D eigenvalue weighted by molar-refractivity contribution is 5.82. The minimum atomic E-state index is 1.15. The van der Waals surface area contributed by atoms with E-state index < -0.39 is 0 Å². The standard InChI is InChI=1S/C14H12N2/c1-11-2-3-14-12(10-11)6-9-16(14)13-4-7-15-8-5-13/h2-10H,1H3. The zero-order valence-electron chi connectivity index (χ0n) is 9.09. The summed E-state index contributed by atoms with van der Waals surface area (Å²) < 4.78 is 2.18. The first-order valence-electron chi connectivity index (χ1n) is 5.33. The summed E-state index contributed by atoms with van der Waals surface area (Å²) in [5.41, 5.74) is 3.67. The third kappa shape index (κ3) is 1.39. The third-order valence-electron chi connectivity index (χ3n) is 2.79. The van der Waals surface area contributed by atoms with Gasteiger partial charge in [-0.05, 0) is 37.3 Å². The van der Waals surface area contributed by atoms with E-state index in [1.54, 1.807) is 0 Å².